The first-order chi connectivity index (χ1) is 9.34. The van der Waals surface area contributed by atoms with Gasteiger partial charge in [0.15, 0.2) is 5.69 Å². The molecule has 1 aliphatic heterocycles. The summed E-state index contributed by atoms with van der Waals surface area (Å²) < 4.78 is 0. The molecule has 0 aromatic carbocycles. The molecule has 1 saturated heterocycles. The molecule has 104 valence electrons. The van der Waals surface area contributed by atoms with Gasteiger partial charge in [-0.05, 0) is 19.3 Å². The van der Waals surface area contributed by atoms with Crippen LogP contribution in [0.1, 0.15) is 28.2 Å². The highest BCUT2D eigenvalue weighted by molar-refractivity contribution is 5.94. The quantitative estimate of drug-likeness (QED) is 0.687. The number of hydrogen-bond acceptors (Lipinski definition) is 4. The third-order valence-electron chi connectivity index (χ3n) is 3.94. The van der Waals surface area contributed by atoms with Crippen molar-refractivity contribution in [1.82, 2.24) is 25.7 Å². The first-order valence-electron chi connectivity index (χ1n) is 7.12. The fourth-order valence-corrected chi connectivity index (χ4v) is 2.85. The molecule has 0 bridgehead atoms. The Kier molecular flexibility index (Phi) is 3.79. The Balaban J connectivity index is 1.48. The Hall–Kier alpha value is -1.40. The third kappa shape index (κ3) is 2.79. The van der Waals surface area contributed by atoms with Crippen LogP contribution >= 0.6 is 0 Å². The lowest BCUT2D eigenvalue weighted by atomic mass is 10.2. The molecular weight excluding hydrogens is 242 g/mol. The van der Waals surface area contributed by atoms with Gasteiger partial charge in [-0.3, -0.25) is 14.8 Å². The molecule has 1 aromatic rings. The Morgan fingerprint density at radius 3 is 3.00 bits per heavy atom. The smallest absolute Gasteiger partial charge is 0.272 e. The van der Waals surface area contributed by atoms with Crippen LogP contribution in [0.4, 0.5) is 0 Å². The zero-order valence-electron chi connectivity index (χ0n) is 11.2. The molecule has 1 aliphatic carbocycles. The van der Waals surface area contributed by atoms with E-state index in [1.807, 2.05) is 0 Å². The number of fused-ring (bicyclic) bond motifs is 1. The minimum absolute atomic E-state index is 0.0328. The van der Waals surface area contributed by atoms with Crippen molar-refractivity contribution >= 4 is 5.91 Å². The predicted octanol–water partition coefficient (Wildman–Crippen LogP) is -0.467. The normalized spacial score (nSPS) is 19.4. The number of H-pyrrole nitrogens is 1. The number of rotatable bonds is 4. The summed E-state index contributed by atoms with van der Waals surface area (Å²) in [5.41, 5.74) is 2.87. The van der Waals surface area contributed by atoms with E-state index in [9.17, 15) is 4.79 Å². The second-order valence-corrected chi connectivity index (χ2v) is 5.23. The Labute approximate surface area is 112 Å². The van der Waals surface area contributed by atoms with Crippen LogP contribution in [0.3, 0.4) is 0 Å². The Morgan fingerprint density at radius 2 is 2.16 bits per heavy atom. The minimum Gasteiger partial charge on any atom is -0.349 e. The van der Waals surface area contributed by atoms with Gasteiger partial charge in [0.05, 0.1) is 0 Å². The molecule has 2 heterocycles. The summed E-state index contributed by atoms with van der Waals surface area (Å²) in [4.78, 5) is 14.4. The molecule has 2 aliphatic rings. The first-order valence-corrected chi connectivity index (χ1v) is 7.12. The zero-order valence-corrected chi connectivity index (χ0v) is 11.2. The van der Waals surface area contributed by atoms with Gasteiger partial charge < -0.3 is 10.6 Å². The van der Waals surface area contributed by atoms with E-state index in [2.05, 4.69) is 25.7 Å². The summed E-state index contributed by atoms with van der Waals surface area (Å²) >= 11 is 0. The molecule has 0 spiro atoms. The summed E-state index contributed by atoms with van der Waals surface area (Å²) in [5.74, 6) is -0.0328. The van der Waals surface area contributed by atoms with Gasteiger partial charge in [-0.1, -0.05) is 0 Å². The molecule has 6 nitrogen and oxygen atoms in total. The van der Waals surface area contributed by atoms with Gasteiger partial charge in [-0.15, -0.1) is 0 Å². The van der Waals surface area contributed by atoms with Gasteiger partial charge in [-0.2, -0.15) is 5.10 Å². The van der Waals surface area contributed by atoms with E-state index in [0.717, 1.165) is 63.2 Å². The second-order valence-electron chi connectivity index (χ2n) is 5.23. The van der Waals surface area contributed by atoms with Crippen LogP contribution in [0.2, 0.25) is 0 Å². The van der Waals surface area contributed by atoms with E-state index in [1.165, 1.54) is 0 Å². The summed E-state index contributed by atoms with van der Waals surface area (Å²) in [6, 6.07) is 0. The van der Waals surface area contributed by atoms with Crippen molar-refractivity contribution in [3.8, 4) is 0 Å². The maximum absolute atomic E-state index is 12.1. The first kappa shape index (κ1) is 12.6. The lowest BCUT2D eigenvalue weighted by Gasteiger charge is -2.27. The molecule has 1 amide bonds. The van der Waals surface area contributed by atoms with E-state index in [1.54, 1.807) is 0 Å². The monoisotopic (exact) mass is 263 g/mol. The number of nitrogens with one attached hydrogen (secondary N) is 3. The maximum atomic E-state index is 12.1. The van der Waals surface area contributed by atoms with E-state index < -0.39 is 0 Å². The van der Waals surface area contributed by atoms with Gasteiger partial charge in [0.25, 0.3) is 5.91 Å². The van der Waals surface area contributed by atoms with E-state index >= 15 is 0 Å². The van der Waals surface area contributed by atoms with Crippen molar-refractivity contribution in [3.05, 3.63) is 17.0 Å². The van der Waals surface area contributed by atoms with Gasteiger partial charge in [0.1, 0.15) is 0 Å². The number of piperazine rings is 1. The molecule has 6 heteroatoms. The highest BCUT2D eigenvalue weighted by Gasteiger charge is 2.22. The maximum Gasteiger partial charge on any atom is 0.272 e. The Morgan fingerprint density at radius 1 is 1.32 bits per heavy atom. The lowest BCUT2D eigenvalue weighted by Crippen LogP contribution is -2.46. The van der Waals surface area contributed by atoms with Crippen LogP contribution < -0.4 is 10.6 Å². The molecule has 0 saturated carbocycles. The average molecular weight is 263 g/mol. The van der Waals surface area contributed by atoms with Crippen LogP contribution in [0.5, 0.6) is 0 Å². The Bertz CT molecular complexity index is 450. The number of aryl methyl sites for hydroxylation is 1. The summed E-state index contributed by atoms with van der Waals surface area (Å²) in [6.45, 7) is 5.82. The van der Waals surface area contributed by atoms with Crippen molar-refractivity contribution in [2.75, 3.05) is 39.3 Å². The van der Waals surface area contributed by atoms with Gasteiger partial charge in [0, 0.05) is 50.5 Å². The highest BCUT2D eigenvalue weighted by atomic mass is 16.1. The number of carbonyl (C=O) groups is 1. The van der Waals surface area contributed by atoms with Crippen molar-refractivity contribution < 1.29 is 4.79 Å². The topological polar surface area (TPSA) is 73.1 Å². The van der Waals surface area contributed by atoms with Crippen LogP contribution in [-0.4, -0.2) is 60.3 Å². The molecular formula is C13H21N5O. The third-order valence-corrected chi connectivity index (χ3v) is 3.94. The molecule has 1 aromatic heterocycles. The summed E-state index contributed by atoms with van der Waals surface area (Å²) in [5, 5.41) is 13.4. The predicted molar refractivity (Wildman–Crippen MR) is 72.3 cm³/mol. The minimum atomic E-state index is -0.0328. The molecule has 19 heavy (non-hydrogen) atoms. The van der Waals surface area contributed by atoms with Crippen LogP contribution in [0.25, 0.3) is 0 Å². The van der Waals surface area contributed by atoms with E-state index in [0.29, 0.717) is 12.2 Å². The van der Waals surface area contributed by atoms with Crippen molar-refractivity contribution in [2.45, 2.75) is 19.3 Å². The number of aromatic nitrogens is 2. The largest absolute Gasteiger partial charge is 0.349 e. The molecule has 0 unspecified atom stereocenters. The van der Waals surface area contributed by atoms with Crippen LogP contribution in [0.15, 0.2) is 0 Å². The summed E-state index contributed by atoms with van der Waals surface area (Å²) in [7, 11) is 0. The van der Waals surface area contributed by atoms with Crippen molar-refractivity contribution in [3.63, 3.8) is 0 Å². The average Bonchev–Trinajstić information content (AvgIpc) is 3.02. The molecule has 1 fully saturated rings. The van der Waals surface area contributed by atoms with Crippen molar-refractivity contribution in [1.29, 1.82) is 0 Å². The molecule has 0 radical (unpaired) electrons. The summed E-state index contributed by atoms with van der Waals surface area (Å²) in [6.07, 6.45) is 3.13. The fraction of sp³-hybridized carbons (Fsp3) is 0.692. The number of nitrogens with zero attached hydrogens (tertiary/aromatic N) is 2. The molecule has 3 rings (SSSR count). The van der Waals surface area contributed by atoms with E-state index in [4.69, 9.17) is 0 Å². The van der Waals surface area contributed by atoms with Gasteiger partial charge >= 0.3 is 0 Å². The zero-order chi connectivity index (χ0) is 13.1. The number of amides is 1. The standard InChI is InChI=1S/C13H21N5O/c19-13(12-10-2-1-3-11(10)16-17-12)15-6-9-18-7-4-14-5-8-18/h14H,1-9H2,(H,15,19)(H,16,17). The number of carbonyl (C=O) groups excluding carboxylic acids is 1. The molecule has 3 N–H and O–H groups in total. The fourth-order valence-electron chi connectivity index (χ4n) is 2.85. The van der Waals surface area contributed by atoms with Gasteiger partial charge in [0.2, 0.25) is 0 Å². The molecule has 0 atom stereocenters. The lowest BCUT2D eigenvalue weighted by molar-refractivity contribution is 0.0941. The highest BCUT2D eigenvalue weighted by Crippen LogP contribution is 2.22. The van der Waals surface area contributed by atoms with Crippen LogP contribution in [-0.2, 0) is 12.8 Å². The SMILES string of the molecule is O=C(NCCN1CCNCC1)c1n[nH]c2c1CCC2. The van der Waals surface area contributed by atoms with Crippen molar-refractivity contribution in [2.24, 2.45) is 0 Å². The van der Waals surface area contributed by atoms with Gasteiger partial charge in [-0.25, -0.2) is 0 Å². The number of hydrogen-bond donors (Lipinski definition) is 3. The number of aromatic amines is 1. The van der Waals surface area contributed by atoms with E-state index in [-0.39, 0.29) is 5.91 Å². The second kappa shape index (κ2) is 5.71. The van der Waals surface area contributed by atoms with Crippen LogP contribution in [0, 0.1) is 0 Å².